The number of alkyl halides is 1. The molecule has 0 spiro atoms. The molecule has 2 aliphatic rings. The van der Waals surface area contributed by atoms with Gasteiger partial charge in [-0.1, -0.05) is 94.0 Å². The molecule has 0 unspecified atom stereocenters. The van der Waals surface area contributed by atoms with Gasteiger partial charge in [-0.15, -0.1) is 0 Å². The number of rotatable bonds is 15. The van der Waals surface area contributed by atoms with Gasteiger partial charge in [0.05, 0.1) is 12.8 Å². The van der Waals surface area contributed by atoms with Crippen LogP contribution in [0.1, 0.15) is 113 Å². The van der Waals surface area contributed by atoms with Gasteiger partial charge in [0.25, 0.3) is 0 Å². The SMILES string of the molecule is C.CC/C(=C\Cc1c(CC)c(C)c2c(c1OCC[Si](C)(C)C)C(=O)OC2)CBr.CC/C(=C\Cc1c(O)c2c(c(C)c1CC)COC2=O)CP(=O)(O)O. The molecule has 9 nitrogen and oxygen atoms in total. The normalized spacial score (nSPS) is 14.2. The summed E-state index contributed by atoms with van der Waals surface area (Å²) in [5.74, 6) is -0.0584. The van der Waals surface area contributed by atoms with Crippen molar-refractivity contribution in [1.29, 1.82) is 0 Å². The van der Waals surface area contributed by atoms with Crippen molar-refractivity contribution in [2.24, 2.45) is 0 Å². The maximum atomic E-state index is 12.5. The lowest BCUT2D eigenvalue weighted by Gasteiger charge is -2.22. The molecule has 2 aromatic carbocycles. The van der Waals surface area contributed by atoms with Crippen LogP contribution in [0.25, 0.3) is 0 Å². The molecule has 2 heterocycles. The Morgan fingerprint density at radius 2 is 1.31 bits per heavy atom. The highest BCUT2D eigenvalue weighted by molar-refractivity contribution is 9.09. The predicted molar refractivity (Wildman–Crippen MR) is 216 cm³/mol. The zero-order valence-electron chi connectivity index (χ0n) is 31.8. The van der Waals surface area contributed by atoms with Crippen LogP contribution < -0.4 is 4.74 Å². The molecule has 0 amide bonds. The topological polar surface area (TPSA) is 140 Å². The molecule has 0 radical (unpaired) electrons. The third kappa shape index (κ3) is 11.2. The highest BCUT2D eigenvalue weighted by Crippen LogP contribution is 2.41. The number of ether oxygens (including phenoxy) is 3. The number of benzene rings is 2. The van der Waals surface area contributed by atoms with Crippen molar-refractivity contribution in [2.75, 3.05) is 18.1 Å². The van der Waals surface area contributed by atoms with Crippen LogP contribution in [0.2, 0.25) is 25.7 Å². The van der Waals surface area contributed by atoms with E-state index >= 15 is 0 Å². The first-order valence-corrected chi connectivity index (χ1v) is 24.5. The summed E-state index contributed by atoms with van der Waals surface area (Å²) in [6.45, 7) is 20.4. The van der Waals surface area contributed by atoms with E-state index in [9.17, 15) is 19.3 Å². The van der Waals surface area contributed by atoms with E-state index in [4.69, 9.17) is 24.0 Å². The molecule has 0 fully saturated rings. The van der Waals surface area contributed by atoms with Crippen LogP contribution in [-0.2, 0) is 52.9 Å². The average Bonchev–Trinajstić information content (AvgIpc) is 3.65. The minimum atomic E-state index is -4.13. The van der Waals surface area contributed by atoms with Gasteiger partial charge in [0.2, 0.25) is 0 Å². The summed E-state index contributed by atoms with van der Waals surface area (Å²) < 4.78 is 27.9. The fourth-order valence-electron chi connectivity index (χ4n) is 6.65. The third-order valence-electron chi connectivity index (χ3n) is 9.75. The highest BCUT2D eigenvalue weighted by Gasteiger charge is 2.33. The van der Waals surface area contributed by atoms with Crippen LogP contribution in [0.15, 0.2) is 23.3 Å². The molecule has 0 atom stereocenters. The summed E-state index contributed by atoms with van der Waals surface area (Å²) in [5, 5.41) is 11.4. The highest BCUT2D eigenvalue weighted by atomic mass is 79.9. The van der Waals surface area contributed by atoms with E-state index in [0.29, 0.717) is 49.2 Å². The number of phenols is 1. The second-order valence-corrected chi connectivity index (χ2v) is 22.2. The molecular formula is C40H60BrO9PSi. The lowest BCUT2D eigenvalue weighted by Crippen LogP contribution is -2.23. The van der Waals surface area contributed by atoms with Crippen molar-refractivity contribution in [3.8, 4) is 11.5 Å². The van der Waals surface area contributed by atoms with Gasteiger partial charge in [-0.05, 0) is 80.7 Å². The van der Waals surface area contributed by atoms with Crippen molar-refractivity contribution in [2.45, 2.75) is 126 Å². The van der Waals surface area contributed by atoms with Gasteiger partial charge in [0, 0.05) is 35.7 Å². The van der Waals surface area contributed by atoms with Crippen molar-refractivity contribution < 1.29 is 43.3 Å². The van der Waals surface area contributed by atoms with Crippen LogP contribution in [0.3, 0.4) is 0 Å². The fraction of sp³-hybridized carbons (Fsp3) is 0.550. The van der Waals surface area contributed by atoms with Crippen LogP contribution in [0.5, 0.6) is 11.5 Å². The summed E-state index contributed by atoms with van der Waals surface area (Å²) in [6.07, 6.45) is 7.98. The molecule has 12 heteroatoms. The Morgan fingerprint density at radius 3 is 1.79 bits per heavy atom. The standard InChI is InChI=1S/C22H33BrO3Si.C17H23O6P.CH4/c1-7-16(13-23)9-10-18-17(8-2)15(3)19-14-26-22(24)20(19)21(18)25-11-12-27(4,5)6;1-4-11(9-24(20,21)22)6-7-13-12(5-2)10(3)14-8-23-17(19)15(14)16(13)18;/h9H,7-8,10-14H2,1-6H3;6,18H,4-5,7-9H2,1-3H3,(H2,20,21,22);1H4/b16-9+;11-6+;. The smallest absolute Gasteiger partial charge is 0.342 e. The zero-order valence-corrected chi connectivity index (χ0v) is 35.2. The molecule has 2 aromatic rings. The van der Waals surface area contributed by atoms with Gasteiger partial charge in [-0.2, -0.15) is 0 Å². The Balaban J connectivity index is 0.000000356. The lowest BCUT2D eigenvalue weighted by molar-refractivity contribution is 0.0523. The van der Waals surface area contributed by atoms with E-state index in [2.05, 4.69) is 62.4 Å². The van der Waals surface area contributed by atoms with Crippen molar-refractivity contribution in [3.05, 3.63) is 78.9 Å². The van der Waals surface area contributed by atoms with Crippen LogP contribution >= 0.6 is 23.5 Å². The predicted octanol–water partition coefficient (Wildman–Crippen LogP) is 9.84. The number of aromatic hydroxyl groups is 1. The molecule has 2 aliphatic heterocycles. The number of hydrogen-bond donors (Lipinski definition) is 3. The summed E-state index contributed by atoms with van der Waals surface area (Å²) in [7, 11) is -5.34. The second kappa shape index (κ2) is 19.6. The minimum Gasteiger partial charge on any atom is -0.507 e. The molecule has 0 saturated heterocycles. The summed E-state index contributed by atoms with van der Waals surface area (Å²) in [5.41, 5.74) is 10.8. The summed E-state index contributed by atoms with van der Waals surface area (Å²) >= 11 is 3.57. The van der Waals surface area contributed by atoms with Crippen molar-refractivity contribution >= 4 is 43.5 Å². The van der Waals surface area contributed by atoms with Gasteiger partial charge in [0.1, 0.15) is 35.8 Å². The molecule has 4 rings (SSSR count). The van der Waals surface area contributed by atoms with Crippen molar-refractivity contribution in [3.63, 3.8) is 0 Å². The fourth-order valence-corrected chi connectivity index (χ4v) is 8.87. The number of carbonyl (C=O) groups excluding carboxylic acids is 2. The third-order valence-corrected chi connectivity index (χ3v) is 13.0. The molecule has 290 valence electrons. The number of halogens is 1. The molecule has 3 N–H and O–H groups in total. The average molecular weight is 824 g/mol. The zero-order chi connectivity index (χ0) is 38.3. The van der Waals surface area contributed by atoms with E-state index in [1.807, 2.05) is 20.8 Å². The first-order valence-electron chi connectivity index (χ1n) is 17.9. The first-order chi connectivity index (χ1) is 23.9. The van der Waals surface area contributed by atoms with E-state index < -0.39 is 21.6 Å². The number of phenolic OH excluding ortho intramolecular Hbond substituents is 1. The van der Waals surface area contributed by atoms with Crippen LogP contribution in [0.4, 0.5) is 0 Å². The number of fused-ring (bicyclic) bond motifs is 2. The van der Waals surface area contributed by atoms with Crippen LogP contribution in [-0.4, -0.2) is 53.0 Å². The van der Waals surface area contributed by atoms with Gasteiger partial charge in [0.15, 0.2) is 0 Å². The van der Waals surface area contributed by atoms with E-state index in [0.717, 1.165) is 64.2 Å². The Hall–Kier alpha value is -2.69. The molecule has 0 aliphatic carbocycles. The van der Waals surface area contributed by atoms with E-state index in [1.165, 1.54) is 16.7 Å². The number of hydrogen-bond acceptors (Lipinski definition) is 7. The Bertz CT molecular complexity index is 1730. The Kier molecular flexibility index (Phi) is 17.1. The van der Waals surface area contributed by atoms with Gasteiger partial charge >= 0.3 is 19.5 Å². The van der Waals surface area contributed by atoms with Gasteiger partial charge in [-0.3, -0.25) is 4.57 Å². The number of allylic oxidation sites excluding steroid dienone is 4. The van der Waals surface area contributed by atoms with Gasteiger partial charge < -0.3 is 29.1 Å². The van der Waals surface area contributed by atoms with Crippen LogP contribution in [0, 0.1) is 13.8 Å². The molecule has 52 heavy (non-hydrogen) atoms. The quantitative estimate of drug-likeness (QED) is 0.0527. The largest absolute Gasteiger partial charge is 0.507 e. The maximum Gasteiger partial charge on any atom is 0.342 e. The number of cyclic esters (lactones) is 2. The lowest BCUT2D eigenvalue weighted by atomic mass is 9.89. The Labute approximate surface area is 320 Å². The second-order valence-electron chi connectivity index (χ2n) is 14.4. The number of esters is 2. The molecular weight excluding hydrogens is 763 g/mol. The van der Waals surface area contributed by atoms with Gasteiger partial charge in [-0.25, -0.2) is 9.59 Å². The summed E-state index contributed by atoms with van der Waals surface area (Å²) in [4.78, 5) is 42.6. The minimum absolute atomic E-state index is 0. The molecule has 0 saturated carbocycles. The van der Waals surface area contributed by atoms with Crippen molar-refractivity contribution in [1.82, 2.24) is 0 Å². The number of carbonyl (C=O) groups is 2. The Morgan fingerprint density at radius 1 is 0.827 bits per heavy atom. The molecule has 0 bridgehead atoms. The monoisotopic (exact) mass is 822 g/mol. The first kappa shape index (κ1) is 45.5. The summed E-state index contributed by atoms with van der Waals surface area (Å²) in [6, 6.07) is 1.07. The van der Waals surface area contributed by atoms with E-state index in [-0.39, 0.29) is 37.5 Å². The van der Waals surface area contributed by atoms with E-state index in [1.54, 1.807) is 6.08 Å². The molecule has 0 aromatic heterocycles. The maximum absolute atomic E-state index is 12.5.